The van der Waals surface area contributed by atoms with Gasteiger partial charge < -0.3 is 15.2 Å². The molecule has 2 aromatic carbocycles. The lowest BCUT2D eigenvalue weighted by Gasteiger charge is -2.38. The minimum atomic E-state index is -0.634. The Hall–Kier alpha value is -3.81. The highest BCUT2D eigenvalue weighted by Crippen LogP contribution is 2.49. The average Bonchev–Trinajstić information content (AvgIpc) is 3.40. The van der Waals surface area contributed by atoms with E-state index in [2.05, 4.69) is 28.4 Å². The molecule has 10 heteroatoms. The summed E-state index contributed by atoms with van der Waals surface area (Å²) in [6, 6.07) is 17.8. The van der Waals surface area contributed by atoms with Gasteiger partial charge >= 0.3 is 0 Å². The third kappa shape index (κ3) is 4.68. The van der Waals surface area contributed by atoms with E-state index in [1.165, 1.54) is 16.9 Å². The van der Waals surface area contributed by atoms with E-state index < -0.39 is 5.92 Å². The molecule has 1 unspecified atom stereocenters. The molecular formula is C27H25N5O3S2. The Labute approximate surface area is 223 Å². The largest absolute Gasteiger partial charge is 0.497 e. The molecule has 1 atom stereocenters. The third-order valence-corrected chi connectivity index (χ3v) is 8.57. The fourth-order valence-electron chi connectivity index (χ4n) is 4.74. The van der Waals surface area contributed by atoms with Crippen LogP contribution in [-0.2, 0) is 10.5 Å². The van der Waals surface area contributed by atoms with E-state index in [-0.39, 0.29) is 17.2 Å². The fraction of sp³-hybridized carbons (Fsp3) is 0.259. The molecule has 2 aliphatic rings. The number of nitrogens with two attached hydrogens (primary N) is 1. The lowest BCUT2D eigenvalue weighted by Crippen LogP contribution is -2.38. The van der Waals surface area contributed by atoms with Crippen molar-refractivity contribution in [2.45, 2.75) is 35.3 Å². The number of thioether (sulfide) groups is 1. The summed E-state index contributed by atoms with van der Waals surface area (Å²) in [4.78, 5) is 15.1. The molecule has 0 saturated carbocycles. The molecule has 5 rings (SSSR count). The van der Waals surface area contributed by atoms with Crippen molar-refractivity contribution in [3.8, 4) is 17.6 Å². The van der Waals surface area contributed by atoms with Crippen LogP contribution in [-0.4, -0.2) is 30.2 Å². The summed E-state index contributed by atoms with van der Waals surface area (Å²) >= 11 is 2.98. The van der Waals surface area contributed by atoms with Gasteiger partial charge in [0.1, 0.15) is 17.3 Å². The standard InChI is InChI=1S/C27H25N5O3S2/c1-34-17-11-12-18(22(13-17)35-2)23-19(14-28)25(29)32(20-9-6-10-21(33)24(20)23)26-30-31-27(37-26)36-15-16-7-4-3-5-8-16/h3-5,7-8,11-13,23H,6,9-10,15,29H2,1-2H3. The predicted molar refractivity (Wildman–Crippen MR) is 143 cm³/mol. The van der Waals surface area contributed by atoms with Crippen LogP contribution in [0.3, 0.4) is 0 Å². The number of nitrogens with zero attached hydrogens (tertiary/aromatic N) is 4. The van der Waals surface area contributed by atoms with Crippen molar-refractivity contribution in [2.24, 2.45) is 5.73 Å². The molecule has 8 nitrogen and oxygen atoms in total. The summed E-state index contributed by atoms with van der Waals surface area (Å²) in [6.07, 6.45) is 1.75. The number of carbonyl (C=O) groups is 1. The highest BCUT2D eigenvalue weighted by Gasteiger charge is 2.42. The Kier molecular flexibility index (Phi) is 7.17. The number of ether oxygens (including phenoxy) is 2. The summed E-state index contributed by atoms with van der Waals surface area (Å²) in [5, 5.41) is 19.6. The topological polar surface area (TPSA) is 114 Å². The molecule has 0 spiro atoms. The number of aromatic nitrogens is 2. The van der Waals surface area contributed by atoms with Crippen molar-refractivity contribution < 1.29 is 14.3 Å². The van der Waals surface area contributed by atoms with Gasteiger partial charge in [0, 0.05) is 35.1 Å². The van der Waals surface area contributed by atoms with Gasteiger partial charge in [-0.15, -0.1) is 10.2 Å². The molecule has 0 radical (unpaired) electrons. The molecular weight excluding hydrogens is 506 g/mol. The van der Waals surface area contributed by atoms with E-state index in [9.17, 15) is 10.1 Å². The summed E-state index contributed by atoms with van der Waals surface area (Å²) in [7, 11) is 3.13. The molecule has 0 bridgehead atoms. The molecule has 2 heterocycles. The highest BCUT2D eigenvalue weighted by molar-refractivity contribution is 8.00. The maximum atomic E-state index is 13.4. The van der Waals surface area contributed by atoms with Gasteiger partial charge in [-0.25, -0.2) is 0 Å². The van der Waals surface area contributed by atoms with Crippen molar-refractivity contribution in [1.82, 2.24) is 10.2 Å². The molecule has 1 aromatic heterocycles. The second kappa shape index (κ2) is 10.7. The van der Waals surface area contributed by atoms with Gasteiger partial charge in [0.05, 0.1) is 31.8 Å². The van der Waals surface area contributed by atoms with Crippen LogP contribution < -0.4 is 20.1 Å². The Morgan fingerprint density at radius 2 is 1.97 bits per heavy atom. The quantitative estimate of drug-likeness (QED) is 0.413. The van der Waals surface area contributed by atoms with E-state index in [0.29, 0.717) is 47.0 Å². The van der Waals surface area contributed by atoms with Gasteiger partial charge in [-0.3, -0.25) is 9.69 Å². The smallest absolute Gasteiger partial charge is 0.219 e. The Bertz CT molecular complexity index is 1440. The van der Waals surface area contributed by atoms with E-state index in [1.807, 2.05) is 24.3 Å². The summed E-state index contributed by atoms with van der Waals surface area (Å²) in [6.45, 7) is 0. The number of methoxy groups -OCH3 is 2. The first kappa shape index (κ1) is 24.9. The first-order chi connectivity index (χ1) is 18.0. The number of Topliss-reactive ketones (excluding diaryl/α,β-unsaturated/α-hetero) is 1. The van der Waals surface area contributed by atoms with Gasteiger partial charge in [-0.1, -0.05) is 59.5 Å². The van der Waals surface area contributed by atoms with Crippen molar-refractivity contribution in [1.29, 1.82) is 5.26 Å². The number of benzene rings is 2. The van der Waals surface area contributed by atoms with E-state index in [4.69, 9.17) is 15.2 Å². The van der Waals surface area contributed by atoms with Gasteiger partial charge in [0.15, 0.2) is 10.1 Å². The summed E-state index contributed by atoms with van der Waals surface area (Å²) in [5.41, 5.74) is 10.2. The van der Waals surface area contributed by atoms with Crippen LogP contribution in [0.2, 0.25) is 0 Å². The van der Waals surface area contributed by atoms with Crippen LogP contribution in [0.15, 0.2) is 75.5 Å². The molecule has 2 N–H and O–H groups in total. The molecule has 37 heavy (non-hydrogen) atoms. The van der Waals surface area contributed by atoms with Crippen molar-refractivity contribution in [2.75, 3.05) is 19.1 Å². The first-order valence-electron chi connectivity index (χ1n) is 11.7. The molecule has 0 saturated heterocycles. The molecule has 1 aliphatic carbocycles. The Balaban J connectivity index is 1.57. The minimum Gasteiger partial charge on any atom is -0.497 e. The van der Waals surface area contributed by atoms with Crippen LogP contribution in [0.1, 0.15) is 36.3 Å². The Morgan fingerprint density at radius 1 is 1.16 bits per heavy atom. The van der Waals surface area contributed by atoms with Crippen LogP contribution >= 0.6 is 23.1 Å². The average molecular weight is 532 g/mol. The number of allylic oxidation sites excluding steroid dienone is 3. The van der Waals surface area contributed by atoms with Crippen molar-refractivity contribution in [3.63, 3.8) is 0 Å². The van der Waals surface area contributed by atoms with Crippen LogP contribution in [0, 0.1) is 11.3 Å². The lowest BCUT2D eigenvalue weighted by molar-refractivity contribution is -0.116. The number of ketones is 1. The summed E-state index contributed by atoms with van der Waals surface area (Å²) in [5.74, 6) is 1.53. The monoisotopic (exact) mass is 531 g/mol. The van der Waals surface area contributed by atoms with Gasteiger partial charge in [0.2, 0.25) is 5.13 Å². The number of nitriles is 1. The van der Waals surface area contributed by atoms with E-state index in [0.717, 1.165) is 15.8 Å². The highest BCUT2D eigenvalue weighted by atomic mass is 32.2. The van der Waals surface area contributed by atoms with E-state index >= 15 is 0 Å². The maximum absolute atomic E-state index is 13.4. The number of hydrogen-bond acceptors (Lipinski definition) is 10. The molecule has 3 aromatic rings. The predicted octanol–water partition coefficient (Wildman–Crippen LogP) is 5.15. The van der Waals surface area contributed by atoms with Crippen LogP contribution in [0.5, 0.6) is 11.5 Å². The molecule has 1 aliphatic heterocycles. The SMILES string of the molecule is COc1ccc(C2C(C#N)=C(N)N(c3nnc(SCc4ccccc4)s3)C3=C2C(=O)CCC3)c(OC)c1. The fourth-order valence-corrected chi connectivity index (χ4v) is 6.58. The zero-order valence-corrected chi connectivity index (χ0v) is 22.1. The number of anilines is 1. The molecule has 0 fully saturated rings. The number of hydrogen-bond donors (Lipinski definition) is 1. The van der Waals surface area contributed by atoms with Gasteiger partial charge in [-0.05, 0) is 24.5 Å². The normalized spacial score (nSPS) is 17.5. The summed E-state index contributed by atoms with van der Waals surface area (Å²) < 4.78 is 11.8. The molecule has 0 amide bonds. The van der Waals surface area contributed by atoms with E-state index in [1.54, 1.807) is 43.0 Å². The number of carbonyl (C=O) groups excluding carboxylic acids is 1. The second-order valence-corrected chi connectivity index (χ2v) is 10.7. The first-order valence-corrected chi connectivity index (χ1v) is 13.5. The lowest BCUT2D eigenvalue weighted by atomic mass is 9.75. The van der Waals surface area contributed by atoms with Crippen molar-refractivity contribution >= 4 is 34.0 Å². The third-order valence-electron chi connectivity index (χ3n) is 6.46. The second-order valence-electron chi connectivity index (χ2n) is 8.55. The molecule has 188 valence electrons. The van der Waals surface area contributed by atoms with Gasteiger partial charge in [0.25, 0.3) is 0 Å². The maximum Gasteiger partial charge on any atom is 0.219 e. The minimum absolute atomic E-state index is 0.00226. The van der Waals surface area contributed by atoms with Gasteiger partial charge in [-0.2, -0.15) is 5.26 Å². The number of rotatable bonds is 7. The van der Waals surface area contributed by atoms with Crippen LogP contribution in [0.4, 0.5) is 5.13 Å². The Morgan fingerprint density at radius 3 is 2.70 bits per heavy atom. The zero-order chi connectivity index (χ0) is 25.9. The van der Waals surface area contributed by atoms with Crippen molar-refractivity contribution in [3.05, 3.63) is 82.3 Å². The van der Waals surface area contributed by atoms with Crippen LogP contribution in [0.25, 0.3) is 0 Å². The zero-order valence-electron chi connectivity index (χ0n) is 20.4.